The zero-order chi connectivity index (χ0) is 10.4. The summed E-state index contributed by atoms with van der Waals surface area (Å²) in [6.45, 7) is 1.35. The van der Waals surface area contributed by atoms with Gasteiger partial charge in [0.15, 0.2) is 0 Å². The van der Waals surface area contributed by atoms with E-state index in [9.17, 15) is 9.18 Å². The van der Waals surface area contributed by atoms with E-state index in [1.807, 2.05) is 0 Å². The zero-order valence-corrected chi connectivity index (χ0v) is 7.99. The lowest BCUT2D eigenvalue weighted by Gasteiger charge is -2.31. The molecular formula is C10H14FNO2. The summed E-state index contributed by atoms with van der Waals surface area (Å²) in [4.78, 5) is 11.8. The van der Waals surface area contributed by atoms with Crippen LogP contribution in [-0.4, -0.2) is 43.8 Å². The topological polar surface area (TPSA) is 29.5 Å². The Labute approximate surface area is 83.2 Å². The minimum atomic E-state index is -0.994. The second-order valence-electron chi connectivity index (χ2n) is 3.38. The number of halogens is 1. The number of ether oxygens (including phenoxy) is 1. The molecule has 2 atom stereocenters. The van der Waals surface area contributed by atoms with Crippen molar-refractivity contribution in [2.24, 2.45) is 5.92 Å². The lowest BCUT2D eigenvalue weighted by Crippen LogP contribution is -2.42. The van der Waals surface area contributed by atoms with E-state index in [2.05, 4.69) is 5.92 Å². The predicted octanol–water partition coefficient (Wildman–Crippen LogP) is 0.453. The first-order valence-electron chi connectivity index (χ1n) is 4.62. The average molecular weight is 199 g/mol. The molecule has 0 aromatic rings. The molecule has 3 nitrogen and oxygen atoms in total. The third kappa shape index (κ3) is 3.00. The van der Waals surface area contributed by atoms with Crippen LogP contribution in [0.25, 0.3) is 0 Å². The lowest BCUT2D eigenvalue weighted by molar-refractivity contribution is -0.121. The molecule has 1 fully saturated rings. The Morgan fingerprint density at radius 1 is 1.71 bits per heavy atom. The second-order valence-corrected chi connectivity index (χ2v) is 3.38. The molecule has 0 aliphatic carbocycles. The Balaban J connectivity index is 2.27. The Kier molecular flexibility index (Phi) is 4.41. The van der Waals surface area contributed by atoms with Crippen molar-refractivity contribution in [1.82, 2.24) is 4.90 Å². The SMILES string of the molecule is C#CCOCC1CCN(C=O)CC1F. The molecule has 1 saturated heterocycles. The van der Waals surface area contributed by atoms with Crippen molar-refractivity contribution < 1.29 is 13.9 Å². The molecule has 1 rings (SSSR count). The minimum Gasteiger partial charge on any atom is -0.368 e. The van der Waals surface area contributed by atoms with Crippen LogP contribution in [0.4, 0.5) is 4.39 Å². The van der Waals surface area contributed by atoms with Gasteiger partial charge in [0.2, 0.25) is 6.41 Å². The molecule has 2 unspecified atom stereocenters. The van der Waals surface area contributed by atoms with Gasteiger partial charge in [0.25, 0.3) is 0 Å². The van der Waals surface area contributed by atoms with Gasteiger partial charge in [-0.2, -0.15) is 0 Å². The number of terminal acetylenes is 1. The highest BCUT2D eigenvalue weighted by molar-refractivity contribution is 5.47. The van der Waals surface area contributed by atoms with Gasteiger partial charge in [0.1, 0.15) is 12.8 Å². The summed E-state index contributed by atoms with van der Waals surface area (Å²) in [5.74, 6) is 2.21. The van der Waals surface area contributed by atoms with E-state index >= 15 is 0 Å². The first-order valence-corrected chi connectivity index (χ1v) is 4.62. The van der Waals surface area contributed by atoms with E-state index in [-0.39, 0.29) is 19.1 Å². The van der Waals surface area contributed by atoms with Crippen LogP contribution >= 0.6 is 0 Å². The molecule has 1 aliphatic rings. The summed E-state index contributed by atoms with van der Waals surface area (Å²) in [5, 5.41) is 0. The maximum Gasteiger partial charge on any atom is 0.209 e. The molecular weight excluding hydrogens is 185 g/mol. The van der Waals surface area contributed by atoms with E-state index in [1.165, 1.54) is 4.90 Å². The largest absolute Gasteiger partial charge is 0.368 e. The monoisotopic (exact) mass is 199 g/mol. The number of nitrogens with zero attached hydrogens (tertiary/aromatic N) is 1. The van der Waals surface area contributed by atoms with Crippen molar-refractivity contribution >= 4 is 6.41 Å². The van der Waals surface area contributed by atoms with Crippen LogP contribution in [-0.2, 0) is 9.53 Å². The third-order valence-corrected chi connectivity index (χ3v) is 2.37. The van der Waals surface area contributed by atoms with E-state index < -0.39 is 6.17 Å². The molecule has 0 radical (unpaired) electrons. The molecule has 0 spiro atoms. The fourth-order valence-corrected chi connectivity index (χ4v) is 1.53. The molecule has 78 valence electrons. The van der Waals surface area contributed by atoms with E-state index in [0.29, 0.717) is 26.0 Å². The first kappa shape index (κ1) is 11.0. The Bertz CT molecular complexity index is 227. The van der Waals surface area contributed by atoms with Gasteiger partial charge in [0, 0.05) is 12.5 Å². The number of hydrogen-bond acceptors (Lipinski definition) is 2. The molecule has 0 bridgehead atoms. The molecule has 0 aromatic carbocycles. The number of likely N-dealkylation sites (tertiary alicyclic amines) is 1. The van der Waals surface area contributed by atoms with Crippen LogP contribution in [0.2, 0.25) is 0 Å². The van der Waals surface area contributed by atoms with Crippen molar-refractivity contribution in [3.05, 3.63) is 0 Å². The zero-order valence-electron chi connectivity index (χ0n) is 7.99. The van der Waals surface area contributed by atoms with Gasteiger partial charge in [0.05, 0.1) is 13.2 Å². The lowest BCUT2D eigenvalue weighted by atomic mass is 9.96. The molecule has 0 saturated carbocycles. The fraction of sp³-hybridized carbons (Fsp3) is 0.700. The summed E-state index contributed by atoms with van der Waals surface area (Å²) in [5.41, 5.74) is 0. The highest BCUT2D eigenvalue weighted by Crippen LogP contribution is 2.19. The maximum atomic E-state index is 13.4. The van der Waals surface area contributed by atoms with Crippen molar-refractivity contribution in [3.8, 4) is 12.3 Å². The molecule has 14 heavy (non-hydrogen) atoms. The van der Waals surface area contributed by atoms with Gasteiger partial charge < -0.3 is 9.64 Å². The molecule has 1 heterocycles. The number of carbonyl (C=O) groups is 1. The van der Waals surface area contributed by atoms with Crippen LogP contribution in [0.15, 0.2) is 0 Å². The highest BCUT2D eigenvalue weighted by Gasteiger charge is 2.28. The minimum absolute atomic E-state index is 0.125. The van der Waals surface area contributed by atoms with Crippen molar-refractivity contribution in [2.75, 3.05) is 26.3 Å². The second kappa shape index (κ2) is 5.61. The Morgan fingerprint density at radius 2 is 2.50 bits per heavy atom. The number of piperidine rings is 1. The van der Waals surface area contributed by atoms with Gasteiger partial charge in [-0.25, -0.2) is 4.39 Å². The van der Waals surface area contributed by atoms with Crippen LogP contribution in [0, 0.1) is 18.3 Å². The maximum absolute atomic E-state index is 13.4. The summed E-state index contributed by atoms with van der Waals surface area (Å²) in [7, 11) is 0. The molecule has 1 amide bonds. The van der Waals surface area contributed by atoms with Gasteiger partial charge >= 0.3 is 0 Å². The van der Waals surface area contributed by atoms with Crippen LogP contribution in [0.1, 0.15) is 6.42 Å². The highest BCUT2D eigenvalue weighted by atomic mass is 19.1. The van der Waals surface area contributed by atoms with Gasteiger partial charge in [-0.1, -0.05) is 5.92 Å². The van der Waals surface area contributed by atoms with Gasteiger partial charge in [-0.3, -0.25) is 4.79 Å². The number of amides is 1. The molecule has 4 heteroatoms. The normalized spacial score (nSPS) is 27.0. The van der Waals surface area contributed by atoms with Crippen molar-refractivity contribution in [1.29, 1.82) is 0 Å². The van der Waals surface area contributed by atoms with Crippen molar-refractivity contribution in [3.63, 3.8) is 0 Å². The van der Waals surface area contributed by atoms with E-state index in [4.69, 9.17) is 11.2 Å². The quantitative estimate of drug-likeness (QED) is 0.374. The molecule has 1 aliphatic heterocycles. The number of hydrogen-bond donors (Lipinski definition) is 0. The Morgan fingerprint density at radius 3 is 3.07 bits per heavy atom. The third-order valence-electron chi connectivity index (χ3n) is 2.37. The number of rotatable bonds is 4. The summed E-state index contributed by atoms with van der Waals surface area (Å²) < 4.78 is 18.5. The van der Waals surface area contributed by atoms with E-state index in [0.717, 1.165) is 0 Å². The number of alkyl halides is 1. The Hall–Kier alpha value is -1.08. The molecule has 0 aromatic heterocycles. The van der Waals surface area contributed by atoms with Crippen LogP contribution in [0.3, 0.4) is 0 Å². The van der Waals surface area contributed by atoms with Gasteiger partial charge in [-0.05, 0) is 6.42 Å². The summed E-state index contributed by atoms with van der Waals surface area (Å²) >= 11 is 0. The van der Waals surface area contributed by atoms with Crippen LogP contribution < -0.4 is 0 Å². The van der Waals surface area contributed by atoms with E-state index in [1.54, 1.807) is 0 Å². The standard InChI is InChI=1S/C10H14FNO2/c1-2-5-14-7-9-3-4-12(8-13)6-10(9)11/h1,8-10H,3-7H2. The number of carbonyl (C=O) groups excluding carboxylic acids is 1. The molecule has 0 N–H and O–H groups in total. The van der Waals surface area contributed by atoms with Crippen LogP contribution in [0.5, 0.6) is 0 Å². The van der Waals surface area contributed by atoms with Crippen molar-refractivity contribution in [2.45, 2.75) is 12.6 Å². The fourth-order valence-electron chi connectivity index (χ4n) is 1.53. The summed E-state index contributed by atoms with van der Waals surface area (Å²) in [6, 6.07) is 0. The van der Waals surface area contributed by atoms with Gasteiger partial charge in [-0.15, -0.1) is 6.42 Å². The predicted molar refractivity (Wildman–Crippen MR) is 50.3 cm³/mol. The first-order chi connectivity index (χ1) is 6.77. The smallest absolute Gasteiger partial charge is 0.209 e. The average Bonchev–Trinajstić information content (AvgIpc) is 2.20. The summed E-state index contributed by atoms with van der Waals surface area (Å²) in [6.07, 6.45) is 5.33.